The fourth-order valence-electron chi connectivity index (χ4n) is 2.30. The first-order chi connectivity index (χ1) is 8.28. The standard InChI is InChI=1S/C11H16N6/c1-16-6-9(13-7-16)11-15-14-10-3-2-8(4-12)5-17(10)11/h6-8H,2-5,12H2,1H3. The van der Waals surface area contributed by atoms with Crippen LogP contribution in [0, 0.1) is 5.92 Å². The molecule has 6 heteroatoms. The van der Waals surface area contributed by atoms with Gasteiger partial charge >= 0.3 is 0 Å². The molecule has 1 aliphatic heterocycles. The zero-order chi connectivity index (χ0) is 11.8. The second-order valence-corrected chi connectivity index (χ2v) is 4.62. The quantitative estimate of drug-likeness (QED) is 0.802. The summed E-state index contributed by atoms with van der Waals surface area (Å²) in [5, 5.41) is 8.48. The largest absolute Gasteiger partial charge is 0.340 e. The summed E-state index contributed by atoms with van der Waals surface area (Å²) in [6.45, 7) is 1.63. The zero-order valence-electron chi connectivity index (χ0n) is 9.87. The monoisotopic (exact) mass is 232 g/mol. The van der Waals surface area contributed by atoms with Crippen LogP contribution in [0.4, 0.5) is 0 Å². The van der Waals surface area contributed by atoms with Crippen LogP contribution in [0.1, 0.15) is 12.2 Å². The molecular formula is C11H16N6. The van der Waals surface area contributed by atoms with Crippen LogP contribution in [0.3, 0.4) is 0 Å². The predicted octanol–water partition coefficient (Wildman–Crippen LogP) is 0.200. The van der Waals surface area contributed by atoms with Crippen molar-refractivity contribution in [2.75, 3.05) is 6.54 Å². The van der Waals surface area contributed by atoms with Crippen molar-refractivity contribution in [1.29, 1.82) is 0 Å². The highest BCUT2D eigenvalue weighted by atomic mass is 15.3. The summed E-state index contributed by atoms with van der Waals surface area (Å²) < 4.78 is 4.07. The Hall–Kier alpha value is -1.69. The maximum absolute atomic E-state index is 5.75. The van der Waals surface area contributed by atoms with E-state index in [1.165, 1.54) is 0 Å². The van der Waals surface area contributed by atoms with Gasteiger partial charge in [0, 0.05) is 26.2 Å². The Balaban J connectivity index is 2.00. The maximum atomic E-state index is 5.75. The number of rotatable bonds is 2. The summed E-state index contributed by atoms with van der Waals surface area (Å²) in [4.78, 5) is 4.33. The first-order valence-electron chi connectivity index (χ1n) is 5.88. The molecule has 0 radical (unpaired) electrons. The Kier molecular flexibility index (Phi) is 2.44. The third kappa shape index (κ3) is 1.74. The lowest BCUT2D eigenvalue weighted by Gasteiger charge is -2.22. The van der Waals surface area contributed by atoms with Crippen LogP contribution in [0.15, 0.2) is 12.5 Å². The van der Waals surface area contributed by atoms with Crippen LogP contribution in [-0.4, -0.2) is 30.9 Å². The molecule has 1 aliphatic rings. The highest BCUT2D eigenvalue weighted by molar-refractivity contribution is 5.48. The number of hydrogen-bond acceptors (Lipinski definition) is 4. The lowest BCUT2D eigenvalue weighted by atomic mass is 9.99. The van der Waals surface area contributed by atoms with Gasteiger partial charge in [-0.3, -0.25) is 0 Å². The van der Waals surface area contributed by atoms with E-state index >= 15 is 0 Å². The number of nitrogens with zero attached hydrogens (tertiary/aromatic N) is 5. The van der Waals surface area contributed by atoms with E-state index in [0.717, 1.165) is 43.3 Å². The van der Waals surface area contributed by atoms with E-state index in [1.54, 1.807) is 6.33 Å². The molecule has 17 heavy (non-hydrogen) atoms. The van der Waals surface area contributed by atoms with Crippen LogP contribution in [0.2, 0.25) is 0 Å². The fraction of sp³-hybridized carbons (Fsp3) is 0.545. The van der Waals surface area contributed by atoms with Crippen molar-refractivity contribution in [3.63, 3.8) is 0 Å². The molecule has 2 aromatic rings. The topological polar surface area (TPSA) is 74.5 Å². The van der Waals surface area contributed by atoms with Crippen LogP contribution in [0.5, 0.6) is 0 Å². The van der Waals surface area contributed by atoms with Gasteiger partial charge in [0.05, 0.1) is 6.33 Å². The molecule has 0 aliphatic carbocycles. The molecule has 3 rings (SSSR count). The summed E-state index contributed by atoms with van der Waals surface area (Å²) >= 11 is 0. The first kappa shape index (κ1) is 10.5. The third-order valence-electron chi connectivity index (χ3n) is 3.31. The summed E-state index contributed by atoms with van der Waals surface area (Å²) in [7, 11) is 1.95. The van der Waals surface area contributed by atoms with Gasteiger partial charge in [-0.15, -0.1) is 10.2 Å². The van der Waals surface area contributed by atoms with Crippen LogP contribution < -0.4 is 5.73 Å². The smallest absolute Gasteiger partial charge is 0.184 e. The highest BCUT2D eigenvalue weighted by Gasteiger charge is 2.23. The molecule has 0 fully saturated rings. The van der Waals surface area contributed by atoms with Gasteiger partial charge in [-0.05, 0) is 18.9 Å². The van der Waals surface area contributed by atoms with Gasteiger partial charge in [0.25, 0.3) is 0 Å². The average molecular weight is 232 g/mol. The van der Waals surface area contributed by atoms with Crippen molar-refractivity contribution in [2.24, 2.45) is 18.7 Å². The Morgan fingerprint density at radius 3 is 3.06 bits per heavy atom. The minimum absolute atomic E-state index is 0.529. The molecule has 0 amide bonds. The normalized spacial score (nSPS) is 19.3. The second-order valence-electron chi connectivity index (χ2n) is 4.62. The van der Waals surface area contributed by atoms with E-state index in [1.807, 2.05) is 17.8 Å². The summed E-state index contributed by atoms with van der Waals surface area (Å²) in [5.74, 6) is 2.44. The van der Waals surface area contributed by atoms with E-state index in [0.29, 0.717) is 5.92 Å². The summed E-state index contributed by atoms with van der Waals surface area (Å²) in [5.41, 5.74) is 6.63. The Morgan fingerprint density at radius 2 is 2.35 bits per heavy atom. The molecule has 0 bridgehead atoms. The summed E-state index contributed by atoms with van der Waals surface area (Å²) in [6.07, 6.45) is 5.81. The average Bonchev–Trinajstić information content (AvgIpc) is 2.93. The SMILES string of the molecule is Cn1cnc(-c2nnc3n2CC(CN)CC3)c1. The second kappa shape index (κ2) is 3.96. The molecule has 0 spiro atoms. The van der Waals surface area contributed by atoms with Gasteiger partial charge in [-0.2, -0.15) is 0 Å². The van der Waals surface area contributed by atoms with Crippen molar-refractivity contribution < 1.29 is 0 Å². The number of aryl methyl sites for hydroxylation is 2. The van der Waals surface area contributed by atoms with Gasteiger partial charge in [-0.25, -0.2) is 4.98 Å². The van der Waals surface area contributed by atoms with Gasteiger partial charge in [0.2, 0.25) is 0 Å². The molecule has 2 N–H and O–H groups in total. The predicted molar refractivity (Wildman–Crippen MR) is 63.1 cm³/mol. The van der Waals surface area contributed by atoms with E-state index in [4.69, 9.17) is 5.73 Å². The molecule has 2 aromatic heterocycles. The number of imidazole rings is 1. The van der Waals surface area contributed by atoms with E-state index in [-0.39, 0.29) is 0 Å². The lowest BCUT2D eigenvalue weighted by Crippen LogP contribution is -2.26. The number of aromatic nitrogens is 5. The van der Waals surface area contributed by atoms with Crippen molar-refractivity contribution in [2.45, 2.75) is 19.4 Å². The number of hydrogen-bond donors (Lipinski definition) is 1. The Labute approximate surface area is 99.5 Å². The molecular weight excluding hydrogens is 216 g/mol. The van der Waals surface area contributed by atoms with E-state index in [2.05, 4.69) is 19.7 Å². The molecule has 90 valence electrons. The number of nitrogens with two attached hydrogens (primary N) is 1. The summed E-state index contributed by atoms with van der Waals surface area (Å²) in [6, 6.07) is 0. The Bertz CT molecular complexity index is 526. The molecule has 6 nitrogen and oxygen atoms in total. The van der Waals surface area contributed by atoms with Crippen LogP contribution >= 0.6 is 0 Å². The van der Waals surface area contributed by atoms with Gasteiger partial charge in [-0.1, -0.05) is 0 Å². The molecule has 1 atom stereocenters. The van der Waals surface area contributed by atoms with Crippen LogP contribution in [-0.2, 0) is 20.0 Å². The van der Waals surface area contributed by atoms with Gasteiger partial charge < -0.3 is 14.9 Å². The number of fused-ring (bicyclic) bond motifs is 1. The Morgan fingerprint density at radius 1 is 1.47 bits per heavy atom. The van der Waals surface area contributed by atoms with Crippen molar-refractivity contribution in [3.8, 4) is 11.5 Å². The molecule has 0 saturated heterocycles. The van der Waals surface area contributed by atoms with Crippen molar-refractivity contribution in [3.05, 3.63) is 18.3 Å². The molecule has 0 saturated carbocycles. The van der Waals surface area contributed by atoms with E-state index in [9.17, 15) is 0 Å². The minimum Gasteiger partial charge on any atom is -0.340 e. The molecule has 1 unspecified atom stereocenters. The van der Waals surface area contributed by atoms with Crippen molar-refractivity contribution >= 4 is 0 Å². The maximum Gasteiger partial charge on any atom is 0.184 e. The molecule has 3 heterocycles. The third-order valence-corrected chi connectivity index (χ3v) is 3.31. The highest BCUT2D eigenvalue weighted by Crippen LogP contribution is 2.23. The van der Waals surface area contributed by atoms with E-state index < -0.39 is 0 Å². The van der Waals surface area contributed by atoms with Gasteiger partial charge in [0.1, 0.15) is 11.5 Å². The first-order valence-corrected chi connectivity index (χ1v) is 5.88. The molecule has 0 aromatic carbocycles. The zero-order valence-corrected chi connectivity index (χ0v) is 9.87. The minimum atomic E-state index is 0.529. The fourth-order valence-corrected chi connectivity index (χ4v) is 2.30. The van der Waals surface area contributed by atoms with Crippen molar-refractivity contribution in [1.82, 2.24) is 24.3 Å². The van der Waals surface area contributed by atoms with Gasteiger partial charge in [0.15, 0.2) is 5.82 Å². The lowest BCUT2D eigenvalue weighted by molar-refractivity contribution is 0.375. The van der Waals surface area contributed by atoms with Crippen LogP contribution in [0.25, 0.3) is 11.5 Å².